The summed E-state index contributed by atoms with van der Waals surface area (Å²) in [5.41, 5.74) is 0. The first-order chi connectivity index (χ1) is 9.25. The van der Waals surface area contributed by atoms with E-state index in [-0.39, 0.29) is 4.90 Å². The van der Waals surface area contributed by atoms with Gasteiger partial charge in [0.25, 0.3) is 0 Å². The molecule has 0 spiro atoms. The van der Waals surface area contributed by atoms with Gasteiger partial charge in [0.15, 0.2) is 0 Å². The number of sulfonamides is 1. The lowest BCUT2D eigenvalue weighted by molar-refractivity contribution is 0.242. The largest absolute Gasteiger partial charge is 0.424 e. The van der Waals surface area contributed by atoms with Crippen LogP contribution in [0.5, 0.6) is 5.75 Å². The second kappa shape index (κ2) is 6.98. The van der Waals surface area contributed by atoms with Crippen LogP contribution in [0.4, 0.5) is 0 Å². The second-order valence-corrected chi connectivity index (χ2v) is 9.09. The summed E-state index contributed by atoms with van der Waals surface area (Å²) >= 11 is 5.15. The number of rotatable bonds is 7. The van der Waals surface area contributed by atoms with Gasteiger partial charge in [-0.2, -0.15) is 0 Å². The maximum absolute atomic E-state index is 11.9. The van der Waals surface area contributed by atoms with Crippen molar-refractivity contribution in [2.24, 2.45) is 0 Å². The Morgan fingerprint density at radius 1 is 1.25 bits per heavy atom. The van der Waals surface area contributed by atoms with E-state index in [9.17, 15) is 8.42 Å². The van der Waals surface area contributed by atoms with Crippen molar-refractivity contribution in [3.8, 4) is 5.75 Å². The Morgan fingerprint density at radius 3 is 2.20 bits per heavy atom. The SMILES string of the molecule is CCOP(=S)(OC)Oc1ccc(S(=O)(=O)N(C)C)cc1. The maximum Gasteiger partial charge on any atom is 0.380 e. The lowest BCUT2D eigenvalue weighted by atomic mass is 10.3. The van der Waals surface area contributed by atoms with Gasteiger partial charge in [-0.1, -0.05) is 0 Å². The number of hydrogen-bond donors (Lipinski definition) is 0. The third-order valence-corrected chi connectivity index (χ3v) is 6.60. The second-order valence-electron chi connectivity index (χ2n) is 3.90. The smallest absolute Gasteiger partial charge is 0.380 e. The molecule has 0 aliphatic rings. The van der Waals surface area contributed by atoms with Crippen molar-refractivity contribution in [3.63, 3.8) is 0 Å². The zero-order valence-electron chi connectivity index (χ0n) is 11.8. The first-order valence-electron chi connectivity index (χ1n) is 5.77. The topological polar surface area (TPSA) is 65.1 Å². The molecule has 0 radical (unpaired) electrons. The molecule has 0 heterocycles. The molecule has 0 aliphatic carbocycles. The average molecular weight is 339 g/mol. The molecule has 0 saturated carbocycles. The van der Waals surface area contributed by atoms with E-state index < -0.39 is 16.7 Å². The molecular formula is C11H18NO5PS2. The molecule has 0 N–H and O–H groups in total. The molecule has 0 bridgehead atoms. The van der Waals surface area contributed by atoms with Crippen molar-refractivity contribution in [1.82, 2.24) is 4.31 Å². The van der Waals surface area contributed by atoms with E-state index in [1.165, 1.54) is 45.5 Å². The number of nitrogens with zero attached hydrogens (tertiary/aromatic N) is 1. The summed E-state index contributed by atoms with van der Waals surface area (Å²) in [4.78, 5) is 0.178. The molecule has 1 aromatic carbocycles. The van der Waals surface area contributed by atoms with Crippen LogP contribution in [0.3, 0.4) is 0 Å². The molecule has 1 atom stereocenters. The Morgan fingerprint density at radius 2 is 1.80 bits per heavy atom. The third-order valence-electron chi connectivity index (χ3n) is 2.33. The van der Waals surface area contributed by atoms with E-state index in [4.69, 9.17) is 25.4 Å². The minimum Gasteiger partial charge on any atom is -0.424 e. The molecule has 1 unspecified atom stereocenters. The summed E-state index contributed by atoms with van der Waals surface area (Å²) in [5, 5.41) is 0. The van der Waals surface area contributed by atoms with Crippen molar-refractivity contribution in [2.45, 2.75) is 11.8 Å². The van der Waals surface area contributed by atoms with E-state index in [1.54, 1.807) is 6.92 Å². The van der Waals surface area contributed by atoms with E-state index in [1.807, 2.05) is 0 Å². The Hall–Kier alpha value is -0.500. The zero-order chi connectivity index (χ0) is 15.4. The van der Waals surface area contributed by atoms with Crippen molar-refractivity contribution in [1.29, 1.82) is 0 Å². The molecule has 0 aromatic heterocycles. The quantitative estimate of drug-likeness (QED) is 0.710. The van der Waals surface area contributed by atoms with Crippen LogP contribution < -0.4 is 4.52 Å². The monoisotopic (exact) mass is 339 g/mol. The summed E-state index contributed by atoms with van der Waals surface area (Å²) in [6.07, 6.45) is 0. The summed E-state index contributed by atoms with van der Waals surface area (Å²) < 4.78 is 40.8. The summed E-state index contributed by atoms with van der Waals surface area (Å²) in [6, 6.07) is 5.95. The molecule has 0 saturated heterocycles. The van der Waals surface area contributed by atoms with Crippen molar-refractivity contribution < 1.29 is 22.0 Å². The van der Waals surface area contributed by atoms with Gasteiger partial charge in [-0.3, -0.25) is 4.52 Å². The van der Waals surface area contributed by atoms with Gasteiger partial charge in [0.2, 0.25) is 10.0 Å². The van der Waals surface area contributed by atoms with E-state index >= 15 is 0 Å². The van der Waals surface area contributed by atoms with Crippen LogP contribution >= 0.6 is 6.72 Å². The maximum atomic E-state index is 11.9. The van der Waals surface area contributed by atoms with Gasteiger partial charge in [0.1, 0.15) is 5.75 Å². The highest BCUT2D eigenvalue weighted by Crippen LogP contribution is 2.48. The van der Waals surface area contributed by atoms with Crippen molar-refractivity contribution in [2.75, 3.05) is 27.8 Å². The van der Waals surface area contributed by atoms with Crippen molar-refractivity contribution in [3.05, 3.63) is 24.3 Å². The number of benzene rings is 1. The van der Waals surface area contributed by atoms with Gasteiger partial charge >= 0.3 is 6.72 Å². The highest BCUT2D eigenvalue weighted by Gasteiger charge is 2.21. The summed E-state index contributed by atoms with van der Waals surface area (Å²) in [7, 11) is 0.907. The fourth-order valence-corrected chi connectivity index (χ4v) is 3.69. The molecule has 1 rings (SSSR count). The Bertz CT molecular complexity index is 585. The minimum absolute atomic E-state index is 0.178. The van der Waals surface area contributed by atoms with E-state index in [0.29, 0.717) is 12.4 Å². The Labute approximate surface area is 124 Å². The van der Waals surface area contributed by atoms with Crippen LogP contribution in [0.2, 0.25) is 0 Å². The van der Waals surface area contributed by atoms with Gasteiger partial charge in [0, 0.05) is 33.0 Å². The molecule has 0 aliphatic heterocycles. The molecule has 1 aromatic rings. The average Bonchev–Trinajstić information content (AvgIpc) is 2.39. The molecule has 114 valence electrons. The minimum atomic E-state index is -3.45. The highest BCUT2D eigenvalue weighted by molar-refractivity contribution is 8.07. The van der Waals surface area contributed by atoms with Crippen LogP contribution in [0.15, 0.2) is 29.2 Å². The highest BCUT2D eigenvalue weighted by atomic mass is 32.5. The molecular weight excluding hydrogens is 321 g/mol. The summed E-state index contributed by atoms with van der Waals surface area (Å²) in [5.74, 6) is 0.404. The van der Waals surface area contributed by atoms with E-state index in [0.717, 1.165) is 4.31 Å². The zero-order valence-corrected chi connectivity index (χ0v) is 14.3. The van der Waals surface area contributed by atoms with Crippen LogP contribution in [0, 0.1) is 0 Å². The fraction of sp³-hybridized carbons (Fsp3) is 0.455. The molecule has 20 heavy (non-hydrogen) atoms. The molecule has 0 fully saturated rings. The molecule has 0 amide bonds. The Kier molecular flexibility index (Phi) is 6.12. The molecule has 9 heteroatoms. The van der Waals surface area contributed by atoms with Gasteiger partial charge in [-0.25, -0.2) is 12.7 Å². The summed E-state index contributed by atoms with van der Waals surface area (Å²) in [6.45, 7) is -0.662. The first kappa shape index (κ1) is 17.6. The third kappa shape index (κ3) is 4.25. The predicted octanol–water partition coefficient (Wildman–Crippen LogP) is 2.22. The van der Waals surface area contributed by atoms with Crippen LogP contribution in [0.25, 0.3) is 0 Å². The number of hydrogen-bond acceptors (Lipinski definition) is 6. The van der Waals surface area contributed by atoms with Crippen molar-refractivity contribution >= 4 is 28.5 Å². The predicted molar refractivity (Wildman–Crippen MR) is 80.9 cm³/mol. The lowest BCUT2D eigenvalue weighted by Gasteiger charge is -2.19. The van der Waals surface area contributed by atoms with Gasteiger partial charge in [-0.15, -0.1) is 0 Å². The first-order valence-corrected chi connectivity index (χ1v) is 9.77. The standard InChI is InChI=1S/C11H18NO5PS2/c1-5-16-18(19,15-4)17-10-6-8-11(9-7-10)20(13,14)12(2)3/h6-9H,5H2,1-4H3. The lowest BCUT2D eigenvalue weighted by Crippen LogP contribution is -2.22. The van der Waals surface area contributed by atoms with Gasteiger partial charge < -0.3 is 9.05 Å². The van der Waals surface area contributed by atoms with E-state index in [2.05, 4.69) is 0 Å². The van der Waals surface area contributed by atoms with Crippen LogP contribution in [0.1, 0.15) is 6.92 Å². The van der Waals surface area contributed by atoms with Gasteiger partial charge in [-0.05, 0) is 31.2 Å². The van der Waals surface area contributed by atoms with Crippen LogP contribution in [-0.4, -0.2) is 40.5 Å². The fourth-order valence-electron chi connectivity index (χ4n) is 1.29. The Balaban J connectivity index is 2.96. The normalized spacial score (nSPS) is 15.1. The van der Waals surface area contributed by atoms with Gasteiger partial charge in [0.05, 0.1) is 11.5 Å². The van der Waals surface area contributed by atoms with Crippen LogP contribution in [-0.2, 0) is 30.9 Å². The molecule has 6 nitrogen and oxygen atoms in total.